The highest BCUT2D eigenvalue weighted by molar-refractivity contribution is 7.11. The predicted octanol–water partition coefficient (Wildman–Crippen LogP) is 3.59. The summed E-state index contributed by atoms with van der Waals surface area (Å²) >= 11 is 1.34. The average Bonchev–Trinajstić information content (AvgIpc) is 3.28. The fraction of sp³-hybridized carbons (Fsp3) is 0.190. The maximum Gasteiger partial charge on any atom is 0.350 e. The number of aliphatic hydroxyl groups is 1. The van der Waals surface area contributed by atoms with E-state index in [4.69, 9.17) is 9.84 Å². The van der Waals surface area contributed by atoms with E-state index in [1.54, 1.807) is 6.92 Å². The SMILES string of the molecule is Cc1sc(CCO)nc1Oc1ccc(-n2ncn(Cc3c(F)cccc3F)c2=O)cc1F. The van der Waals surface area contributed by atoms with E-state index in [9.17, 15) is 18.0 Å². The van der Waals surface area contributed by atoms with E-state index < -0.39 is 23.1 Å². The number of aliphatic hydroxyl groups excluding tert-OH is 1. The smallest absolute Gasteiger partial charge is 0.350 e. The van der Waals surface area contributed by atoms with Crippen LogP contribution in [-0.2, 0) is 13.0 Å². The highest BCUT2D eigenvalue weighted by atomic mass is 32.1. The van der Waals surface area contributed by atoms with Crippen molar-refractivity contribution in [1.29, 1.82) is 0 Å². The van der Waals surface area contributed by atoms with Crippen LogP contribution in [0.5, 0.6) is 11.6 Å². The fourth-order valence-corrected chi connectivity index (χ4v) is 3.86. The van der Waals surface area contributed by atoms with Crippen LogP contribution in [0.25, 0.3) is 5.69 Å². The molecule has 0 saturated heterocycles. The molecule has 1 N–H and O–H groups in total. The quantitative estimate of drug-likeness (QED) is 0.454. The Balaban J connectivity index is 1.58. The van der Waals surface area contributed by atoms with Crippen molar-refractivity contribution in [3.8, 4) is 17.3 Å². The van der Waals surface area contributed by atoms with Gasteiger partial charge in [-0.05, 0) is 31.2 Å². The molecule has 0 atom stereocenters. The number of benzene rings is 2. The van der Waals surface area contributed by atoms with E-state index in [0.29, 0.717) is 11.4 Å². The molecule has 2 heterocycles. The highest BCUT2D eigenvalue weighted by Crippen LogP contribution is 2.31. The first kappa shape index (κ1) is 21.8. The van der Waals surface area contributed by atoms with Gasteiger partial charge in [0.1, 0.15) is 18.0 Å². The number of ether oxygens (including phenoxy) is 1. The van der Waals surface area contributed by atoms with Crippen LogP contribution in [0.4, 0.5) is 13.2 Å². The molecule has 0 aliphatic heterocycles. The van der Waals surface area contributed by atoms with Gasteiger partial charge in [-0.2, -0.15) is 9.78 Å². The molecule has 2 aromatic carbocycles. The molecule has 0 fully saturated rings. The summed E-state index contributed by atoms with van der Waals surface area (Å²) in [6.45, 7) is 1.35. The Morgan fingerprint density at radius 2 is 1.88 bits per heavy atom. The Kier molecular flexibility index (Phi) is 6.10. The average molecular weight is 462 g/mol. The van der Waals surface area contributed by atoms with Crippen molar-refractivity contribution in [2.24, 2.45) is 0 Å². The summed E-state index contributed by atoms with van der Waals surface area (Å²) in [5, 5.41) is 13.6. The molecule has 0 amide bonds. The molecule has 0 spiro atoms. The molecule has 32 heavy (non-hydrogen) atoms. The second-order valence-electron chi connectivity index (χ2n) is 6.81. The fourth-order valence-electron chi connectivity index (χ4n) is 3.01. The number of aryl methyl sites for hydroxylation is 1. The number of aromatic nitrogens is 4. The van der Waals surface area contributed by atoms with Crippen molar-refractivity contribution in [3.05, 3.63) is 86.1 Å². The van der Waals surface area contributed by atoms with E-state index in [-0.39, 0.29) is 36.0 Å². The summed E-state index contributed by atoms with van der Waals surface area (Å²) in [5.74, 6) is -2.18. The van der Waals surface area contributed by atoms with Crippen LogP contribution in [0.1, 0.15) is 15.4 Å². The summed E-state index contributed by atoms with van der Waals surface area (Å²) in [5.41, 5.74) is -0.850. The number of halogens is 3. The first-order valence-electron chi connectivity index (χ1n) is 9.49. The van der Waals surface area contributed by atoms with Crippen LogP contribution >= 0.6 is 11.3 Å². The third-order valence-electron chi connectivity index (χ3n) is 4.61. The normalized spacial score (nSPS) is 11.2. The number of rotatable bonds is 7. The van der Waals surface area contributed by atoms with Crippen LogP contribution in [0, 0.1) is 24.4 Å². The molecule has 0 aliphatic carbocycles. The Labute approximate surface area is 184 Å². The highest BCUT2D eigenvalue weighted by Gasteiger charge is 2.16. The maximum atomic E-state index is 14.7. The Bertz CT molecular complexity index is 1310. The zero-order valence-electron chi connectivity index (χ0n) is 16.8. The van der Waals surface area contributed by atoms with Crippen LogP contribution in [0.15, 0.2) is 47.5 Å². The Morgan fingerprint density at radius 3 is 2.56 bits per heavy atom. The first-order valence-corrected chi connectivity index (χ1v) is 10.3. The standard InChI is InChI=1S/C21H17F3N4O3S/c1-12-20(26-19(32-12)7-8-29)31-18-6-5-13(9-17(18)24)28-21(30)27(11-25-28)10-14-15(22)3-2-4-16(14)23/h2-6,9,11,29H,7-8,10H2,1H3. The van der Waals surface area contributed by atoms with Gasteiger partial charge in [0.15, 0.2) is 11.6 Å². The molecule has 2 aromatic heterocycles. The van der Waals surface area contributed by atoms with Crippen molar-refractivity contribution in [2.75, 3.05) is 6.61 Å². The third-order valence-corrected chi connectivity index (χ3v) is 5.63. The molecule has 11 heteroatoms. The third kappa shape index (κ3) is 4.30. The lowest BCUT2D eigenvalue weighted by Gasteiger charge is -2.07. The van der Waals surface area contributed by atoms with Gasteiger partial charge in [0, 0.05) is 24.7 Å². The molecule has 0 aliphatic rings. The largest absolute Gasteiger partial charge is 0.435 e. The Hall–Kier alpha value is -3.44. The number of thiazole rings is 1. The molecule has 0 unspecified atom stereocenters. The molecule has 166 valence electrons. The molecule has 0 bridgehead atoms. The van der Waals surface area contributed by atoms with Crippen molar-refractivity contribution in [1.82, 2.24) is 19.3 Å². The zero-order valence-corrected chi connectivity index (χ0v) is 17.6. The summed E-state index contributed by atoms with van der Waals surface area (Å²) < 4.78 is 49.9. The Morgan fingerprint density at radius 1 is 1.12 bits per heavy atom. The van der Waals surface area contributed by atoms with Crippen LogP contribution in [-0.4, -0.2) is 31.0 Å². The van der Waals surface area contributed by atoms with Gasteiger partial charge >= 0.3 is 5.69 Å². The van der Waals surface area contributed by atoms with Crippen molar-refractivity contribution in [2.45, 2.75) is 19.9 Å². The van der Waals surface area contributed by atoms with Crippen molar-refractivity contribution in [3.63, 3.8) is 0 Å². The van der Waals surface area contributed by atoms with Gasteiger partial charge in [-0.15, -0.1) is 11.3 Å². The summed E-state index contributed by atoms with van der Waals surface area (Å²) in [6, 6.07) is 7.24. The lowest BCUT2D eigenvalue weighted by molar-refractivity contribution is 0.299. The zero-order chi connectivity index (χ0) is 22.8. The van der Waals surface area contributed by atoms with Crippen LogP contribution in [0.2, 0.25) is 0 Å². The van der Waals surface area contributed by atoms with E-state index in [1.165, 1.54) is 29.5 Å². The van der Waals surface area contributed by atoms with Crippen molar-refractivity contribution >= 4 is 11.3 Å². The molecular weight excluding hydrogens is 445 g/mol. The predicted molar refractivity (Wildman–Crippen MR) is 111 cm³/mol. The number of hydrogen-bond donors (Lipinski definition) is 1. The van der Waals surface area contributed by atoms with E-state index >= 15 is 0 Å². The first-order chi connectivity index (χ1) is 15.4. The summed E-state index contributed by atoms with van der Waals surface area (Å²) in [6.07, 6.45) is 1.50. The van der Waals surface area contributed by atoms with Crippen LogP contribution in [0.3, 0.4) is 0 Å². The lowest BCUT2D eigenvalue weighted by Crippen LogP contribution is -2.24. The lowest BCUT2D eigenvalue weighted by atomic mass is 10.2. The minimum Gasteiger partial charge on any atom is -0.435 e. The molecule has 4 aromatic rings. The van der Waals surface area contributed by atoms with Crippen LogP contribution < -0.4 is 10.4 Å². The summed E-state index contributed by atoms with van der Waals surface area (Å²) in [7, 11) is 0. The molecule has 0 radical (unpaired) electrons. The minimum absolute atomic E-state index is 0.0552. The number of nitrogens with zero attached hydrogens (tertiary/aromatic N) is 4. The van der Waals surface area contributed by atoms with Gasteiger partial charge in [-0.3, -0.25) is 4.57 Å². The minimum atomic E-state index is -0.781. The summed E-state index contributed by atoms with van der Waals surface area (Å²) in [4.78, 5) is 17.6. The van der Waals surface area contributed by atoms with E-state index in [1.807, 2.05) is 0 Å². The maximum absolute atomic E-state index is 14.7. The van der Waals surface area contributed by atoms with Gasteiger partial charge in [0.05, 0.1) is 22.1 Å². The molecule has 0 saturated carbocycles. The van der Waals surface area contributed by atoms with Crippen molar-refractivity contribution < 1.29 is 23.0 Å². The topological polar surface area (TPSA) is 82.2 Å². The van der Waals surface area contributed by atoms with Gasteiger partial charge in [0.2, 0.25) is 5.88 Å². The second-order valence-corrected chi connectivity index (χ2v) is 8.10. The second kappa shape index (κ2) is 8.97. The molecular formula is C21H17F3N4O3S. The van der Waals surface area contributed by atoms with Gasteiger partial charge in [0.25, 0.3) is 0 Å². The van der Waals surface area contributed by atoms with E-state index in [0.717, 1.165) is 38.7 Å². The van der Waals surface area contributed by atoms with E-state index in [2.05, 4.69) is 10.1 Å². The monoisotopic (exact) mass is 462 g/mol. The van der Waals surface area contributed by atoms with Gasteiger partial charge in [-0.25, -0.2) is 22.9 Å². The number of hydrogen-bond acceptors (Lipinski definition) is 6. The van der Waals surface area contributed by atoms with Gasteiger partial charge < -0.3 is 9.84 Å². The molecule has 7 nitrogen and oxygen atoms in total. The molecule has 4 rings (SSSR count). The van der Waals surface area contributed by atoms with Gasteiger partial charge in [-0.1, -0.05) is 6.07 Å².